The molecule has 1 amide bonds. The van der Waals surface area contributed by atoms with Crippen molar-refractivity contribution in [1.29, 1.82) is 0 Å². The summed E-state index contributed by atoms with van der Waals surface area (Å²) in [5.41, 5.74) is 2.73. The minimum absolute atomic E-state index is 0.138. The van der Waals surface area contributed by atoms with Gasteiger partial charge in [0.1, 0.15) is 12.1 Å². The number of nitrogens with one attached hydrogen (secondary N) is 1. The first-order chi connectivity index (χ1) is 15.8. The lowest BCUT2D eigenvalue weighted by Crippen LogP contribution is -2.46. The molecule has 1 saturated heterocycles. The third-order valence-electron chi connectivity index (χ3n) is 6.22. The molecular formula is C24H30N6O3. The van der Waals surface area contributed by atoms with E-state index in [-0.39, 0.29) is 29.4 Å². The molecule has 0 radical (unpaired) electrons. The monoisotopic (exact) mass is 450 g/mol. The summed E-state index contributed by atoms with van der Waals surface area (Å²) in [5.74, 6) is 0.139. The molecule has 2 atom stereocenters. The van der Waals surface area contributed by atoms with Crippen LogP contribution in [-0.2, 0) is 4.79 Å². The van der Waals surface area contributed by atoms with E-state index >= 15 is 0 Å². The fraction of sp³-hybridized carbons (Fsp3) is 0.375. The van der Waals surface area contributed by atoms with Gasteiger partial charge in [-0.1, -0.05) is 0 Å². The Morgan fingerprint density at radius 2 is 1.39 bits per heavy atom. The summed E-state index contributed by atoms with van der Waals surface area (Å²) in [7, 11) is 0. The lowest BCUT2D eigenvalue weighted by atomic mass is 10.2. The van der Waals surface area contributed by atoms with Gasteiger partial charge < -0.3 is 20.2 Å². The molecular weight excluding hydrogens is 420 g/mol. The van der Waals surface area contributed by atoms with Gasteiger partial charge in [-0.2, -0.15) is 5.10 Å². The zero-order valence-electron chi connectivity index (χ0n) is 19.2. The van der Waals surface area contributed by atoms with E-state index in [4.69, 9.17) is 0 Å². The van der Waals surface area contributed by atoms with Crippen LogP contribution >= 0.6 is 0 Å². The first-order valence-electron chi connectivity index (χ1n) is 11.2. The van der Waals surface area contributed by atoms with Gasteiger partial charge >= 0.3 is 5.69 Å². The van der Waals surface area contributed by atoms with E-state index in [1.807, 2.05) is 50.2 Å². The van der Waals surface area contributed by atoms with E-state index in [9.17, 15) is 14.7 Å². The molecule has 4 rings (SSSR count). The second-order valence-corrected chi connectivity index (χ2v) is 8.46. The Morgan fingerprint density at radius 1 is 0.909 bits per heavy atom. The van der Waals surface area contributed by atoms with Gasteiger partial charge in [0, 0.05) is 50.5 Å². The maximum absolute atomic E-state index is 12.9. The molecule has 2 aromatic carbocycles. The Kier molecular flexibility index (Phi) is 6.39. The predicted octanol–water partition coefficient (Wildman–Crippen LogP) is 2.15. The SMILES string of the molecule is CC(=O)N[C@H](C)[C@H](C)n1ncn(-c2ccc(N3CCN(c4ccc(O)cc4)CC3)cc2)c1=O. The van der Waals surface area contributed by atoms with Gasteiger partial charge in [-0.15, -0.1) is 0 Å². The molecule has 0 aliphatic carbocycles. The van der Waals surface area contributed by atoms with E-state index in [0.717, 1.165) is 43.2 Å². The van der Waals surface area contributed by atoms with E-state index < -0.39 is 0 Å². The van der Waals surface area contributed by atoms with Crippen molar-refractivity contribution >= 4 is 17.3 Å². The number of rotatable bonds is 6. The number of piperazine rings is 1. The number of benzene rings is 2. The van der Waals surface area contributed by atoms with Gasteiger partial charge in [-0.3, -0.25) is 4.79 Å². The average molecular weight is 451 g/mol. The van der Waals surface area contributed by atoms with E-state index in [2.05, 4.69) is 20.2 Å². The molecule has 33 heavy (non-hydrogen) atoms. The summed E-state index contributed by atoms with van der Waals surface area (Å²) in [6, 6.07) is 14.7. The minimum Gasteiger partial charge on any atom is -0.508 e. The van der Waals surface area contributed by atoms with Crippen molar-refractivity contribution in [3.05, 3.63) is 65.3 Å². The third kappa shape index (κ3) is 4.87. The Labute approximate surface area is 192 Å². The summed E-state index contributed by atoms with van der Waals surface area (Å²) in [6.07, 6.45) is 1.52. The number of carbonyl (C=O) groups is 1. The van der Waals surface area contributed by atoms with Gasteiger partial charge in [-0.05, 0) is 62.4 Å². The van der Waals surface area contributed by atoms with Crippen molar-refractivity contribution in [2.75, 3.05) is 36.0 Å². The minimum atomic E-state index is -0.271. The van der Waals surface area contributed by atoms with Gasteiger partial charge in [0.05, 0.1) is 11.7 Å². The highest BCUT2D eigenvalue weighted by molar-refractivity contribution is 5.73. The van der Waals surface area contributed by atoms with E-state index in [1.165, 1.54) is 22.5 Å². The number of aromatic hydroxyl groups is 1. The molecule has 1 aliphatic rings. The summed E-state index contributed by atoms with van der Waals surface area (Å²) in [6.45, 7) is 8.73. The van der Waals surface area contributed by atoms with E-state index in [0.29, 0.717) is 0 Å². The highest BCUT2D eigenvalue weighted by atomic mass is 16.3. The maximum Gasteiger partial charge on any atom is 0.350 e. The van der Waals surface area contributed by atoms with Gasteiger partial charge in [0.2, 0.25) is 5.91 Å². The van der Waals surface area contributed by atoms with Crippen LogP contribution in [0.4, 0.5) is 11.4 Å². The summed E-state index contributed by atoms with van der Waals surface area (Å²) in [4.78, 5) is 28.9. The zero-order chi connectivity index (χ0) is 23.5. The molecule has 2 N–H and O–H groups in total. The Hall–Kier alpha value is -3.75. The quantitative estimate of drug-likeness (QED) is 0.598. The van der Waals surface area contributed by atoms with Crippen LogP contribution in [0.1, 0.15) is 26.8 Å². The largest absolute Gasteiger partial charge is 0.508 e. The topological polar surface area (TPSA) is 95.6 Å². The number of phenolic OH excluding ortho intramolecular Hbond substituents is 1. The van der Waals surface area contributed by atoms with Crippen molar-refractivity contribution in [2.45, 2.75) is 32.9 Å². The first-order valence-corrected chi connectivity index (χ1v) is 11.2. The number of hydrogen-bond donors (Lipinski definition) is 2. The fourth-order valence-corrected chi connectivity index (χ4v) is 4.14. The number of anilines is 2. The van der Waals surface area contributed by atoms with Gasteiger partial charge in [0.15, 0.2) is 0 Å². The number of phenols is 1. The van der Waals surface area contributed by atoms with Crippen LogP contribution in [0, 0.1) is 0 Å². The first kappa shape index (κ1) is 22.4. The van der Waals surface area contributed by atoms with Crippen molar-refractivity contribution in [3.8, 4) is 11.4 Å². The van der Waals surface area contributed by atoms with Crippen LogP contribution in [0.3, 0.4) is 0 Å². The lowest BCUT2D eigenvalue weighted by Gasteiger charge is -2.37. The standard InChI is InChI=1S/C24H30N6O3/c1-17(26-19(3)31)18(2)30-24(33)29(16-25-30)22-6-4-20(5-7-22)27-12-14-28(15-13-27)21-8-10-23(32)11-9-21/h4-11,16-18,32H,12-15H2,1-3H3,(H,26,31)/t17-,18+/m1/s1. The summed E-state index contributed by atoms with van der Waals surface area (Å²) < 4.78 is 2.92. The predicted molar refractivity (Wildman–Crippen MR) is 128 cm³/mol. The van der Waals surface area contributed by atoms with Crippen molar-refractivity contribution < 1.29 is 9.90 Å². The number of hydrogen-bond acceptors (Lipinski definition) is 6. The molecule has 0 unspecified atom stereocenters. The molecule has 1 aliphatic heterocycles. The third-order valence-corrected chi connectivity index (χ3v) is 6.22. The van der Waals surface area contributed by atoms with Crippen molar-refractivity contribution in [1.82, 2.24) is 19.7 Å². The lowest BCUT2D eigenvalue weighted by molar-refractivity contribution is -0.119. The normalized spacial score (nSPS) is 15.8. The molecule has 0 spiro atoms. The van der Waals surface area contributed by atoms with Crippen LogP contribution < -0.4 is 20.8 Å². The fourth-order valence-electron chi connectivity index (χ4n) is 4.14. The number of nitrogens with zero attached hydrogens (tertiary/aromatic N) is 5. The van der Waals surface area contributed by atoms with Gasteiger partial charge in [-0.25, -0.2) is 14.0 Å². The molecule has 174 valence electrons. The number of carbonyl (C=O) groups excluding carboxylic acids is 1. The van der Waals surface area contributed by atoms with Crippen LogP contribution in [-0.4, -0.2) is 57.6 Å². The highest BCUT2D eigenvalue weighted by Crippen LogP contribution is 2.23. The Balaban J connectivity index is 1.42. The van der Waals surface area contributed by atoms with Crippen LogP contribution in [0.25, 0.3) is 5.69 Å². The summed E-state index contributed by atoms with van der Waals surface area (Å²) in [5, 5.41) is 16.6. The summed E-state index contributed by atoms with van der Waals surface area (Å²) >= 11 is 0. The second kappa shape index (κ2) is 9.40. The average Bonchev–Trinajstić information content (AvgIpc) is 3.20. The highest BCUT2D eigenvalue weighted by Gasteiger charge is 2.20. The van der Waals surface area contributed by atoms with Crippen LogP contribution in [0.15, 0.2) is 59.7 Å². The van der Waals surface area contributed by atoms with Crippen molar-refractivity contribution in [3.63, 3.8) is 0 Å². The van der Waals surface area contributed by atoms with Crippen molar-refractivity contribution in [2.24, 2.45) is 0 Å². The smallest absolute Gasteiger partial charge is 0.350 e. The number of aromatic nitrogens is 3. The Morgan fingerprint density at radius 3 is 1.91 bits per heavy atom. The second-order valence-electron chi connectivity index (χ2n) is 8.46. The van der Waals surface area contributed by atoms with E-state index in [1.54, 1.807) is 12.1 Å². The number of amides is 1. The molecule has 2 heterocycles. The molecule has 1 aromatic heterocycles. The maximum atomic E-state index is 12.9. The van der Waals surface area contributed by atoms with Crippen LogP contribution in [0.2, 0.25) is 0 Å². The molecule has 9 heteroatoms. The molecule has 3 aromatic rings. The molecule has 1 fully saturated rings. The van der Waals surface area contributed by atoms with Gasteiger partial charge in [0.25, 0.3) is 0 Å². The zero-order valence-corrected chi connectivity index (χ0v) is 19.2. The molecule has 0 saturated carbocycles. The Bertz CT molecular complexity index is 1140. The van der Waals surface area contributed by atoms with Crippen LogP contribution in [0.5, 0.6) is 5.75 Å². The molecule has 0 bridgehead atoms. The molecule has 9 nitrogen and oxygen atoms in total.